The van der Waals surface area contributed by atoms with Crippen LogP contribution < -0.4 is 11.3 Å². The Balaban J connectivity index is 2.18. The van der Waals surface area contributed by atoms with Crippen LogP contribution in [0.5, 0.6) is 0 Å². The second kappa shape index (κ2) is 5.99. The molecule has 0 bridgehead atoms. The highest BCUT2D eigenvalue weighted by atomic mass is 32.2. The van der Waals surface area contributed by atoms with E-state index < -0.39 is 11.6 Å². The zero-order valence-corrected chi connectivity index (χ0v) is 11.1. The van der Waals surface area contributed by atoms with Crippen molar-refractivity contribution >= 4 is 17.6 Å². The van der Waals surface area contributed by atoms with Crippen molar-refractivity contribution < 1.29 is 8.78 Å². The van der Waals surface area contributed by atoms with E-state index in [4.69, 9.17) is 5.84 Å². The van der Waals surface area contributed by atoms with Gasteiger partial charge < -0.3 is 5.43 Å². The Morgan fingerprint density at radius 3 is 2.68 bits per heavy atom. The minimum Gasteiger partial charge on any atom is -0.306 e. The van der Waals surface area contributed by atoms with Crippen molar-refractivity contribution in [3.63, 3.8) is 0 Å². The van der Waals surface area contributed by atoms with Gasteiger partial charge in [0.05, 0.1) is 0 Å². The first-order valence-electron chi connectivity index (χ1n) is 5.61. The molecular weight excluding hydrogens is 268 g/mol. The maximum absolute atomic E-state index is 13.6. The second-order valence-corrected chi connectivity index (χ2v) is 4.93. The predicted octanol–water partition coefficient (Wildman–Crippen LogP) is 3.25. The molecule has 2 aromatic rings. The number of aryl methyl sites for hydroxylation is 1. The Hall–Kier alpha value is -1.66. The number of rotatable bonds is 4. The molecule has 19 heavy (non-hydrogen) atoms. The quantitative estimate of drug-likeness (QED) is 0.513. The fourth-order valence-electron chi connectivity index (χ4n) is 1.57. The molecule has 0 aliphatic rings. The summed E-state index contributed by atoms with van der Waals surface area (Å²) in [6.45, 7) is 1.98. The third-order valence-corrected chi connectivity index (χ3v) is 3.67. The number of hydrogen-bond donors (Lipinski definition) is 2. The zero-order chi connectivity index (χ0) is 13.8. The summed E-state index contributed by atoms with van der Waals surface area (Å²) in [6, 6.07) is 8.59. The number of hydrogen-bond acceptors (Lipinski definition) is 4. The number of benzene rings is 1. The van der Waals surface area contributed by atoms with Crippen LogP contribution in [0.3, 0.4) is 0 Å². The molecule has 0 spiro atoms. The molecule has 0 unspecified atom stereocenters. The van der Waals surface area contributed by atoms with Gasteiger partial charge in [0.25, 0.3) is 0 Å². The molecule has 0 radical (unpaired) electrons. The summed E-state index contributed by atoms with van der Waals surface area (Å²) in [4.78, 5) is 3.81. The molecule has 0 atom stereocenters. The fraction of sp³-hybridized carbons (Fsp3) is 0.154. The predicted molar refractivity (Wildman–Crippen MR) is 72.7 cm³/mol. The highest BCUT2D eigenvalue weighted by molar-refractivity contribution is 7.98. The van der Waals surface area contributed by atoms with E-state index in [0.717, 1.165) is 17.2 Å². The average Bonchev–Trinajstić information content (AvgIpc) is 2.39. The summed E-state index contributed by atoms with van der Waals surface area (Å²) in [5.41, 5.74) is 4.31. The molecule has 3 nitrogen and oxygen atoms in total. The Kier molecular flexibility index (Phi) is 4.34. The van der Waals surface area contributed by atoms with Crippen molar-refractivity contribution in [1.29, 1.82) is 0 Å². The zero-order valence-electron chi connectivity index (χ0n) is 10.3. The summed E-state index contributed by atoms with van der Waals surface area (Å²) in [5, 5.41) is 0.123. The van der Waals surface area contributed by atoms with Gasteiger partial charge >= 0.3 is 0 Å². The molecule has 1 aromatic heterocycles. The summed E-state index contributed by atoms with van der Waals surface area (Å²) in [7, 11) is 0. The standard InChI is InChI=1S/C13H13F2N3S/c1-8-4-2-3-5-9(8)7-19-13-11(15)6-10(14)12(17-13)18-16/h2-6H,7,16H2,1H3,(H,17,18). The SMILES string of the molecule is Cc1ccccc1CSc1nc(NN)c(F)cc1F. The van der Waals surface area contributed by atoms with Crippen LogP contribution in [-0.4, -0.2) is 4.98 Å². The molecule has 0 saturated carbocycles. The minimum absolute atomic E-state index is 0.123. The molecule has 2 rings (SSSR count). The highest BCUT2D eigenvalue weighted by Gasteiger charge is 2.12. The smallest absolute Gasteiger partial charge is 0.177 e. The third kappa shape index (κ3) is 3.21. The summed E-state index contributed by atoms with van der Waals surface area (Å²) < 4.78 is 26.8. The summed E-state index contributed by atoms with van der Waals surface area (Å²) in [6.07, 6.45) is 0. The van der Waals surface area contributed by atoms with Crippen LogP contribution in [0.4, 0.5) is 14.6 Å². The lowest BCUT2D eigenvalue weighted by Gasteiger charge is -2.08. The number of hydrazine groups is 1. The van der Waals surface area contributed by atoms with E-state index in [9.17, 15) is 8.78 Å². The molecular formula is C13H13F2N3S. The number of nitrogen functional groups attached to an aromatic ring is 1. The third-order valence-electron chi connectivity index (χ3n) is 2.66. The van der Waals surface area contributed by atoms with E-state index in [-0.39, 0.29) is 10.8 Å². The van der Waals surface area contributed by atoms with Gasteiger partial charge in [-0.1, -0.05) is 36.0 Å². The van der Waals surface area contributed by atoms with Gasteiger partial charge in [0, 0.05) is 11.8 Å². The molecule has 100 valence electrons. The van der Waals surface area contributed by atoms with Gasteiger partial charge in [-0.25, -0.2) is 19.6 Å². The van der Waals surface area contributed by atoms with E-state index in [1.165, 1.54) is 11.8 Å². The number of anilines is 1. The number of nitrogens with one attached hydrogen (secondary N) is 1. The normalized spacial score (nSPS) is 10.5. The molecule has 0 fully saturated rings. The van der Waals surface area contributed by atoms with Crippen LogP contribution in [-0.2, 0) is 5.75 Å². The average molecular weight is 281 g/mol. The van der Waals surface area contributed by atoms with Crippen molar-refractivity contribution in [3.8, 4) is 0 Å². The fourth-order valence-corrected chi connectivity index (χ4v) is 2.54. The Morgan fingerprint density at radius 1 is 1.26 bits per heavy atom. The maximum Gasteiger partial charge on any atom is 0.177 e. The van der Waals surface area contributed by atoms with Crippen molar-refractivity contribution in [2.45, 2.75) is 17.7 Å². The molecule has 0 aliphatic carbocycles. The molecule has 0 saturated heterocycles. The van der Waals surface area contributed by atoms with E-state index in [0.29, 0.717) is 5.75 Å². The van der Waals surface area contributed by atoms with Crippen molar-refractivity contribution in [2.75, 3.05) is 5.43 Å². The van der Waals surface area contributed by atoms with Gasteiger partial charge in [0.15, 0.2) is 17.5 Å². The number of pyridine rings is 1. The van der Waals surface area contributed by atoms with Gasteiger partial charge in [0.1, 0.15) is 5.03 Å². The van der Waals surface area contributed by atoms with Gasteiger partial charge in [-0.2, -0.15) is 0 Å². The first-order valence-corrected chi connectivity index (χ1v) is 6.60. The monoisotopic (exact) mass is 281 g/mol. The van der Waals surface area contributed by atoms with E-state index >= 15 is 0 Å². The van der Waals surface area contributed by atoms with Crippen LogP contribution in [0.1, 0.15) is 11.1 Å². The molecule has 3 N–H and O–H groups in total. The Bertz CT molecular complexity index is 590. The number of halogens is 2. The van der Waals surface area contributed by atoms with Crippen LogP contribution in [0.15, 0.2) is 35.4 Å². The molecule has 0 amide bonds. The van der Waals surface area contributed by atoms with Gasteiger partial charge in [0.2, 0.25) is 0 Å². The Labute approximate surface area is 114 Å². The minimum atomic E-state index is -0.805. The number of nitrogens with zero attached hydrogens (tertiary/aromatic N) is 1. The van der Waals surface area contributed by atoms with Gasteiger partial charge in [-0.15, -0.1) is 0 Å². The van der Waals surface area contributed by atoms with E-state index in [2.05, 4.69) is 10.4 Å². The van der Waals surface area contributed by atoms with Crippen LogP contribution in [0.25, 0.3) is 0 Å². The van der Waals surface area contributed by atoms with Crippen LogP contribution in [0, 0.1) is 18.6 Å². The molecule has 6 heteroatoms. The van der Waals surface area contributed by atoms with Crippen molar-refractivity contribution in [1.82, 2.24) is 4.98 Å². The topological polar surface area (TPSA) is 50.9 Å². The van der Waals surface area contributed by atoms with E-state index in [1.54, 1.807) is 0 Å². The summed E-state index contributed by atoms with van der Waals surface area (Å²) in [5.74, 6) is 4.03. The molecule has 1 heterocycles. The molecule has 1 aromatic carbocycles. The molecule has 0 aliphatic heterocycles. The maximum atomic E-state index is 13.6. The van der Waals surface area contributed by atoms with E-state index in [1.807, 2.05) is 31.2 Å². The number of aromatic nitrogens is 1. The lowest BCUT2D eigenvalue weighted by Crippen LogP contribution is -2.11. The van der Waals surface area contributed by atoms with Gasteiger partial charge in [-0.05, 0) is 18.1 Å². The van der Waals surface area contributed by atoms with Gasteiger partial charge in [-0.3, -0.25) is 0 Å². The first kappa shape index (κ1) is 13.8. The lowest BCUT2D eigenvalue weighted by atomic mass is 10.1. The summed E-state index contributed by atoms with van der Waals surface area (Å²) >= 11 is 1.20. The van der Waals surface area contributed by atoms with Crippen molar-refractivity contribution in [2.24, 2.45) is 5.84 Å². The second-order valence-electron chi connectivity index (χ2n) is 3.97. The number of thioether (sulfide) groups is 1. The Morgan fingerprint density at radius 2 is 2.00 bits per heavy atom. The van der Waals surface area contributed by atoms with Crippen LogP contribution >= 0.6 is 11.8 Å². The van der Waals surface area contributed by atoms with Crippen molar-refractivity contribution in [3.05, 3.63) is 53.1 Å². The first-order chi connectivity index (χ1) is 9.11. The lowest BCUT2D eigenvalue weighted by molar-refractivity contribution is 0.551. The largest absolute Gasteiger partial charge is 0.306 e. The van der Waals surface area contributed by atoms with Crippen LogP contribution in [0.2, 0.25) is 0 Å². The highest BCUT2D eigenvalue weighted by Crippen LogP contribution is 2.27. The number of nitrogens with two attached hydrogens (primary N) is 1.